The molecule has 0 bridgehead atoms. The highest BCUT2D eigenvalue weighted by atomic mass is 16.5. The highest BCUT2D eigenvalue weighted by Crippen LogP contribution is 2.30. The normalized spacial score (nSPS) is 24.4. The lowest BCUT2D eigenvalue weighted by Crippen LogP contribution is -2.61. The molecule has 1 aromatic rings. The predicted octanol–water partition coefficient (Wildman–Crippen LogP) is 3.01. The molecule has 118 valence electrons. The van der Waals surface area contributed by atoms with Crippen LogP contribution in [0.25, 0.3) is 0 Å². The van der Waals surface area contributed by atoms with Gasteiger partial charge in [-0.25, -0.2) is 0 Å². The van der Waals surface area contributed by atoms with E-state index in [-0.39, 0.29) is 12.2 Å². The van der Waals surface area contributed by atoms with Crippen molar-refractivity contribution in [3.8, 4) is 11.5 Å². The van der Waals surface area contributed by atoms with E-state index < -0.39 is 0 Å². The summed E-state index contributed by atoms with van der Waals surface area (Å²) in [6.07, 6.45) is 3.46. The van der Waals surface area contributed by atoms with Crippen LogP contribution in [0.3, 0.4) is 0 Å². The van der Waals surface area contributed by atoms with Crippen LogP contribution < -0.4 is 14.8 Å². The first-order chi connectivity index (χ1) is 10.3. The molecule has 1 aromatic carbocycles. The van der Waals surface area contributed by atoms with Crippen molar-refractivity contribution in [1.29, 1.82) is 0 Å². The molecule has 1 aliphatic rings. The molecule has 2 rings (SSSR count). The van der Waals surface area contributed by atoms with E-state index in [0.29, 0.717) is 6.04 Å². The molecule has 3 unspecified atom stereocenters. The first-order valence-corrected chi connectivity index (χ1v) is 7.94. The van der Waals surface area contributed by atoms with Crippen LogP contribution in [0.15, 0.2) is 24.3 Å². The third-order valence-corrected chi connectivity index (χ3v) is 3.77. The molecular weight excluding hydrogens is 266 g/mol. The van der Waals surface area contributed by atoms with Gasteiger partial charge in [-0.15, -0.1) is 0 Å². The molecule has 0 radical (unpaired) electrons. The molecule has 1 N–H and O–H groups in total. The molecule has 4 nitrogen and oxygen atoms in total. The molecule has 4 heteroatoms. The van der Waals surface area contributed by atoms with Crippen molar-refractivity contribution in [3.05, 3.63) is 24.3 Å². The molecule has 0 saturated heterocycles. The van der Waals surface area contributed by atoms with Crippen LogP contribution in [0.5, 0.6) is 11.5 Å². The smallest absolute Gasteiger partial charge is 0.128 e. The molecule has 1 saturated carbocycles. The van der Waals surface area contributed by atoms with Gasteiger partial charge in [0.2, 0.25) is 0 Å². The zero-order valence-electron chi connectivity index (χ0n) is 13.3. The fourth-order valence-electron chi connectivity index (χ4n) is 2.53. The molecule has 0 aromatic heterocycles. The maximum atomic E-state index is 6.05. The zero-order valence-corrected chi connectivity index (χ0v) is 13.3. The lowest BCUT2D eigenvalue weighted by atomic mass is 9.85. The summed E-state index contributed by atoms with van der Waals surface area (Å²) in [5.41, 5.74) is 0. The molecule has 1 fully saturated rings. The quantitative estimate of drug-likeness (QED) is 0.760. The summed E-state index contributed by atoms with van der Waals surface area (Å²) < 4.78 is 17.2. The van der Waals surface area contributed by atoms with Crippen molar-refractivity contribution in [3.63, 3.8) is 0 Å². The predicted molar refractivity (Wildman–Crippen MR) is 84.1 cm³/mol. The van der Waals surface area contributed by atoms with Gasteiger partial charge < -0.3 is 19.5 Å². The lowest BCUT2D eigenvalue weighted by Gasteiger charge is -2.44. The van der Waals surface area contributed by atoms with Gasteiger partial charge >= 0.3 is 0 Å². The van der Waals surface area contributed by atoms with Gasteiger partial charge in [0.25, 0.3) is 0 Å². The topological polar surface area (TPSA) is 39.7 Å². The first kappa shape index (κ1) is 16.1. The number of rotatable bonds is 9. The van der Waals surface area contributed by atoms with E-state index in [1.807, 2.05) is 24.3 Å². The fraction of sp³-hybridized carbons (Fsp3) is 0.647. The number of benzene rings is 1. The van der Waals surface area contributed by atoms with E-state index in [2.05, 4.69) is 19.2 Å². The Morgan fingerprint density at radius 2 is 1.81 bits per heavy atom. The van der Waals surface area contributed by atoms with E-state index in [9.17, 15) is 0 Å². The van der Waals surface area contributed by atoms with E-state index in [4.69, 9.17) is 14.2 Å². The van der Waals surface area contributed by atoms with Crippen LogP contribution in [-0.4, -0.2) is 38.5 Å². The fourth-order valence-corrected chi connectivity index (χ4v) is 2.53. The summed E-state index contributed by atoms with van der Waals surface area (Å²) in [6.45, 7) is 6.13. The Morgan fingerprint density at radius 1 is 1.10 bits per heavy atom. The van der Waals surface area contributed by atoms with Crippen molar-refractivity contribution in [2.24, 2.45) is 0 Å². The van der Waals surface area contributed by atoms with Crippen LogP contribution in [-0.2, 0) is 4.74 Å². The third-order valence-electron chi connectivity index (χ3n) is 3.77. The van der Waals surface area contributed by atoms with E-state index in [0.717, 1.165) is 43.9 Å². The molecule has 21 heavy (non-hydrogen) atoms. The molecule has 0 amide bonds. The Hall–Kier alpha value is -1.26. The summed E-state index contributed by atoms with van der Waals surface area (Å²) in [7, 11) is 1.67. The Balaban J connectivity index is 1.88. The highest BCUT2D eigenvalue weighted by molar-refractivity contribution is 5.31. The minimum Gasteiger partial charge on any atom is -0.497 e. The van der Waals surface area contributed by atoms with E-state index in [1.54, 1.807) is 7.11 Å². The maximum Gasteiger partial charge on any atom is 0.128 e. The van der Waals surface area contributed by atoms with Crippen LogP contribution >= 0.6 is 0 Å². The second kappa shape index (κ2) is 8.25. The number of methoxy groups -OCH3 is 1. The van der Waals surface area contributed by atoms with Crippen LogP contribution in [0.4, 0.5) is 0 Å². The summed E-state index contributed by atoms with van der Waals surface area (Å²) in [6, 6.07) is 8.15. The van der Waals surface area contributed by atoms with E-state index in [1.165, 1.54) is 0 Å². The van der Waals surface area contributed by atoms with Gasteiger partial charge in [0.1, 0.15) is 23.7 Å². The standard InChI is InChI=1S/C17H27NO3/c1-4-10-18-15-12-16(17(15)20-11-5-2)21-14-8-6-13(19-3)7-9-14/h6-9,15-18H,4-5,10-12H2,1-3H3. The molecule has 0 aliphatic heterocycles. The Bertz CT molecular complexity index is 407. The van der Waals surface area contributed by atoms with Gasteiger partial charge in [0.05, 0.1) is 7.11 Å². The van der Waals surface area contributed by atoms with Gasteiger partial charge in [-0.3, -0.25) is 0 Å². The highest BCUT2D eigenvalue weighted by Gasteiger charge is 2.43. The van der Waals surface area contributed by atoms with Gasteiger partial charge in [0.15, 0.2) is 0 Å². The Morgan fingerprint density at radius 3 is 2.43 bits per heavy atom. The molecule has 0 spiro atoms. The van der Waals surface area contributed by atoms with Gasteiger partial charge in [-0.1, -0.05) is 13.8 Å². The van der Waals surface area contributed by atoms with Crippen molar-refractivity contribution in [2.45, 2.75) is 51.4 Å². The van der Waals surface area contributed by atoms with Gasteiger partial charge in [-0.2, -0.15) is 0 Å². The minimum atomic E-state index is 0.138. The Labute approximate surface area is 127 Å². The van der Waals surface area contributed by atoms with E-state index >= 15 is 0 Å². The largest absolute Gasteiger partial charge is 0.497 e. The number of hydrogen-bond acceptors (Lipinski definition) is 4. The van der Waals surface area contributed by atoms with Crippen molar-refractivity contribution < 1.29 is 14.2 Å². The SMILES string of the molecule is CCCNC1CC(Oc2ccc(OC)cc2)C1OCCC. The maximum absolute atomic E-state index is 6.05. The Kier molecular flexibility index (Phi) is 6.33. The third kappa shape index (κ3) is 4.35. The summed E-state index contributed by atoms with van der Waals surface area (Å²) in [5.74, 6) is 1.72. The van der Waals surface area contributed by atoms with Crippen molar-refractivity contribution >= 4 is 0 Å². The van der Waals surface area contributed by atoms with Crippen molar-refractivity contribution in [2.75, 3.05) is 20.3 Å². The zero-order chi connectivity index (χ0) is 15.1. The molecule has 0 heterocycles. The van der Waals surface area contributed by atoms with Gasteiger partial charge in [0, 0.05) is 19.1 Å². The molecular formula is C17H27NO3. The average molecular weight is 293 g/mol. The monoisotopic (exact) mass is 293 g/mol. The lowest BCUT2D eigenvalue weighted by molar-refractivity contribution is -0.107. The first-order valence-electron chi connectivity index (χ1n) is 7.94. The number of hydrogen-bond donors (Lipinski definition) is 1. The average Bonchev–Trinajstić information content (AvgIpc) is 2.51. The van der Waals surface area contributed by atoms with Crippen LogP contribution in [0, 0.1) is 0 Å². The number of ether oxygens (including phenoxy) is 3. The molecule has 1 aliphatic carbocycles. The summed E-state index contributed by atoms with van der Waals surface area (Å²) in [4.78, 5) is 0. The minimum absolute atomic E-state index is 0.138. The summed E-state index contributed by atoms with van der Waals surface area (Å²) in [5, 5.41) is 3.54. The van der Waals surface area contributed by atoms with Gasteiger partial charge in [-0.05, 0) is 43.7 Å². The second-order valence-corrected chi connectivity index (χ2v) is 5.46. The van der Waals surface area contributed by atoms with Crippen LogP contribution in [0.2, 0.25) is 0 Å². The second-order valence-electron chi connectivity index (χ2n) is 5.46. The number of nitrogens with one attached hydrogen (secondary N) is 1. The van der Waals surface area contributed by atoms with Crippen LogP contribution in [0.1, 0.15) is 33.1 Å². The van der Waals surface area contributed by atoms with Crippen molar-refractivity contribution in [1.82, 2.24) is 5.32 Å². The molecule has 3 atom stereocenters. The summed E-state index contributed by atoms with van der Waals surface area (Å²) >= 11 is 0.